The summed E-state index contributed by atoms with van der Waals surface area (Å²) in [6, 6.07) is 0. The van der Waals surface area contributed by atoms with Crippen molar-refractivity contribution in [3.63, 3.8) is 0 Å². The third-order valence-electron chi connectivity index (χ3n) is 2.59. The number of aromatic nitrogens is 3. The molecule has 0 radical (unpaired) electrons. The van der Waals surface area contributed by atoms with Gasteiger partial charge < -0.3 is 14.0 Å². The summed E-state index contributed by atoms with van der Waals surface area (Å²) in [6.45, 7) is 3.40. The lowest BCUT2D eigenvalue weighted by Crippen LogP contribution is -2.36. The molecule has 0 amide bonds. The van der Waals surface area contributed by atoms with Gasteiger partial charge >= 0.3 is 0 Å². The second kappa shape index (κ2) is 3.51. The number of nitrogens with zero attached hydrogens (tertiary/aromatic N) is 4. The van der Waals surface area contributed by atoms with Gasteiger partial charge in [-0.1, -0.05) is 0 Å². The summed E-state index contributed by atoms with van der Waals surface area (Å²) in [5, 5.41) is 0. The molecular formula is C10H12N4O. The molecule has 1 fully saturated rings. The van der Waals surface area contributed by atoms with Crippen LogP contribution < -0.4 is 4.90 Å². The first-order chi connectivity index (χ1) is 7.43. The maximum Gasteiger partial charge on any atom is 0.157 e. The first-order valence-corrected chi connectivity index (χ1v) is 5.05. The second-order valence-electron chi connectivity index (χ2n) is 3.54. The number of ether oxygens (including phenoxy) is 1. The van der Waals surface area contributed by atoms with Crippen LogP contribution in [0, 0.1) is 0 Å². The Hall–Kier alpha value is -1.62. The highest BCUT2D eigenvalue weighted by Crippen LogP contribution is 2.14. The first kappa shape index (κ1) is 8.67. The van der Waals surface area contributed by atoms with Gasteiger partial charge in [0.15, 0.2) is 5.65 Å². The third-order valence-corrected chi connectivity index (χ3v) is 2.59. The molecule has 1 aliphatic rings. The highest BCUT2D eigenvalue weighted by Gasteiger charge is 2.13. The van der Waals surface area contributed by atoms with Crippen LogP contribution in [0.1, 0.15) is 0 Å². The molecule has 0 atom stereocenters. The number of fused-ring (bicyclic) bond motifs is 1. The number of hydrogen-bond donors (Lipinski definition) is 0. The molecule has 5 heteroatoms. The van der Waals surface area contributed by atoms with Gasteiger partial charge in [0, 0.05) is 25.5 Å². The maximum absolute atomic E-state index is 5.31. The van der Waals surface area contributed by atoms with Crippen molar-refractivity contribution in [2.45, 2.75) is 0 Å². The first-order valence-electron chi connectivity index (χ1n) is 5.05. The molecule has 0 unspecified atom stereocenters. The molecule has 15 heavy (non-hydrogen) atoms. The minimum atomic E-state index is 0.784. The molecule has 0 saturated carbocycles. The van der Waals surface area contributed by atoms with Crippen molar-refractivity contribution in [3.8, 4) is 0 Å². The predicted molar refractivity (Wildman–Crippen MR) is 56.0 cm³/mol. The van der Waals surface area contributed by atoms with E-state index in [1.807, 2.05) is 16.8 Å². The van der Waals surface area contributed by atoms with E-state index in [9.17, 15) is 0 Å². The van der Waals surface area contributed by atoms with Gasteiger partial charge in [0.05, 0.1) is 25.6 Å². The summed E-state index contributed by atoms with van der Waals surface area (Å²) in [6.07, 6.45) is 7.47. The van der Waals surface area contributed by atoms with Crippen LogP contribution in [0.25, 0.3) is 5.65 Å². The number of morpholine rings is 1. The van der Waals surface area contributed by atoms with E-state index in [0.717, 1.165) is 37.8 Å². The molecule has 78 valence electrons. The highest BCUT2D eigenvalue weighted by atomic mass is 16.5. The molecule has 0 spiro atoms. The fourth-order valence-electron chi connectivity index (χ4n) is 1.77. The Kier molecular flexibility index (Phi) is 2.03. The zero-order valence-corrected chi connectivity index (χ0v) is 8.33. The Labute approximate surface area is 87.3 Å². The van der Waals surface area contributed by atoms with E-state index in [1.54, 1.807) is 12.4 Å². The van der Waals surface area contributed by atoms with Crippen LogP contribution >= 0.6 is 0 Å². The topological polar surface area (TPSA) is 42.7 Å². The predicted octanol–water partition coefficient (Wildman–Crippen LogP) is 0.566. The highest BCUT2D eigenvalue weighted by molar-refractivity contribution is 5.49. The normalized spacial score (nSPS) is 17.2. The number of anilines is 1. The molecule has 2 aromatic rings. The van der Waals surface area contributed by atoms with E-state index >= 15 is 0 Å². The number of rotatable bonds is 1. The second-order valence-corrected chi connectivity index (χ2v) is 3.54. The smallest absolute Gasteiger partial charge is 0.157 e. The van der Waals surface area contributed by atoms with Gasteiger partial charge in [-0.15, -0.1) is 0 Å². The van der Waals surface area contributed by atoms with Crippen molar-refractivity contribution in [1.82, 2.24) is 14.4 Å². The van der Waals surface area contributed by atoms with Crippen molar-refractivity contribution in [3.05, 3.63) is 24.8 Å². The van der Waals surface area contributed by atoms with Gasteiger partial charge in [0.1, 0.15) is 5.82 Å². The molecule has 5 nitrogen and oxygen atoms in total. The quantitative estimate of drug-likeness (QED) is 0.681. The van der Waals surface area contributed by atoms with Crippen molar-refractivity contribution in [1.29, 1.82) is 0 Å². The monoisotopic (exact) mass is 204 g/mol. The summed E-state index contributed by atoms with van der Waals surface area (Å²) in [5.41, 5.74) is 0.888. The molecule has 1 aliphatic heterocycles. The Morgan fingerprint density at radius 1 is 1.27 bits per heavy atom. The van der Waals surface area contributed by atoms with Crippen LogP contribution in [0.3, 0.4) is 0 Å². The Balaban J connectivity index is 1.96. The van der Waals surface area contributed by atoms with E-state index < -0.39 is 0 Å². The lowest BCUT2D eigenvalue weighted by atomic mass is 10.4. The Morgan fingerprint density at radius 3 is 2.93 bits per heavy atom. The summed E-state index contributed by atoms with van der Waals surface area (Å²) in [4.78, 5) is 10.8. The van der Waals surface area contributed by atoms with E-state index in [1.165, 1.54) is 0 Å². The lowest BCUT2D eigenvalue weighted by Gasteiger charge is -2.26. The van der Waals surface area contributed by atoms with Gasteiger partial charge in [-0.05, 0) is 0 Å². The molecule has 0 N–H and O–H groups in total. The van der Waals surface area contributed by atoms with Crippen molar-refractivity contribution in [2.75, 3.05) is 31.2 Å². The van der Waals surface area contributed by atoms with E-state index in [0.29, 0.717) is 0 Å². The van der Waals surface area contributed by atoms with Crippen LogP contribution in [-0.4, -0.2) is 40.7 Å². The minimum absolute atomic E-state index is 0.784. The molecule has 3 rings (SSSR count). The fourth-order valence-corrected chi connectivity index (χ4v) is 1.77. The van der Waals surface area contributed by atoms with Crippen LogP contribution in [-0.2, 0) is 4.74 Å². The standard InChI is InChI=1S/C10H12N4O/c1-2-14-8-10(12-9(14)7-11-1)13-3-5-15-6-4-13/h1-2,7-8H,3-6H2. The van der Waals surface area contributed by atoms with Crippen molar-refractivity contribution in [2.24, 2.45) is 0 Å². The third kappa shape index (κ3) is 1.55. The summed E-state index contributed by atoms with van der Waals surface area (Å²) >= 11 is 0. The van der Waals surface area contributed by atoms with E-state index in [4.69, 9.17) is 4.74 Å². The molecule has 0 bridgehead atoms. The number of hydrogen-bond acceptors (Lipinski definition) is 4. The zero-order chi connectivity index (χ0) is 10.1. The SMILES string of the molecule is c1cn2cc(N3CCOCC3)nc2cn1. The van der Waals surface area contributed by atoms with Gasteiger partial charge in [-0.25, -0.2) is 4.98 Å². The summed E-state index contributed by atoms with van der Waals surface area (Å²) in [5.74, 6) is 1.01. The largest absolute Gasteiger partial charge is 0.378 e. The average molecular weight is 204 g/mol. The van der Waals surface area contributed by atoms with E-state index in [-0.39, 0.29) is 0 Å². The number of imidazole rings is 1. The van der Waals surface area contributed by atoms with Gasteiger partial charge in [0.2, 0.25) is 0 Å². The molecule has 2 aromatic heterocycles. The average Bonchev–Trinajstić information content (AvgIpc) is 2.74. The molecule has 0 aromatic carbocycles. The Morgan fingerprint density at radius 2 is 2.13 bits per heavy atom. The lowest BCUT2D eigenvalue weighted by molar-refractivity contribution is 0.122. The summed E-state index contributed by atoms with van der Waals surface area (Å²) < 4.78 is 7.29. The minimum Gasteiger partial charge on any atom is -0.378 e. The molecule has 1 saturated heterocycles. The molecular weight excluding hydrogens is 192 g/mol. The van der Waals surface area contributed by atoms with Crippen LogP contribution in [0.5, 0.6) is 0 Å². The van der Waals surface area contributed by atoms with Crippen molar-refractivity contribution < 1.29 is 4.74 Å². The van der Waals surface area contributed by atoms with Gasteiger partial charge in [-0.2, -0.15) is 0 Å². The Bertz CT molecular complexity index is 428. The van der Waals surface area contributed by atoms with Crippen LogP contribution in [0.4, 0.5) is 5.82 Å². The van der Waals surface area contributed by atoms with Crippen LogP contribution in [0.2, 0.25) is 0 Å². The fraction of sp³-hybridized carbons (Fsp3) is 0.400. The van der Waals surface area contributed by atoms with E-state index in [2.05, 4.69) is 14.9 Å². The van der Waals surface area contributed by atoms with Gasteiger partial charge in [0.25, 0.3) is 0 Å². The zero-order valence-electron chi connectivity index (χ0n) is 8.33. The van der Waals surface area contributed by atoms with Gasteiger partial charge in [-0.3, -0.25) is 4.98 Å². The maximum atomic E-state index is 5.31. The molecule has 3 heterocycles. The van der Waals surface area contributed by atoms with Crippen molar-refractivity contribution >= 4 is 11.5 Å². The molecule has 0 aliphatic carbocycles. The summed E-state index contributed by atoms with van der Waals surface area (Å²) in [7, 11) is 0. The van der Waals surface area contributed by atoms with Crippen LogP contribution in [0.15, 0.2) is 24.8 Å².